The molecule has 2 N–H and O–H groups in total. The van der Waals surface area contributed by atoms with Crippen molar-refractivity contribution in [3.8, 4) is 0 Å². The summed E-state index contributed by atoms with van der Waals surface area (Å²) in [6, 6.07) is 5.64. The largest absolute Gasteiger partial charge is 0.469 e. The van der Waals surface area contributed by atoms with Crippen molar-refractivity contribution in [2.24, 2.45) is 0 Å². The number of amides is 2. The molecular formula is C16H18N2O3S. The van der Waals surface area contributed by atoms with Crippen molar-refractivity contribution >= 4 is 23.2 Å². The van der Waals surface area contributed by atoms with Crippen molar-refractivity contribution in [3.63, 3.8) is 0 Å². The van der Waals surface area contributed by atoms with E-state index in [1.807, 2.05) is 12.1 Å². The second-order valence-corrected chi connectivity index (χ2v) is 6.56. The van der Waals surface area contributed by atoms with Gasteiger partial charge in [0.15, 0.2) is 0 Å². The lowest BCUT2D eigenvalue weighted by atomic mass is 9.93. The molecule has 0 saturated heterocycles. The van der Waals surface area contributed by atoms with E-state index in [0.29, 0.717) is 11.4 Å². The van der Waals surface area contributed by atoms with Gasteiger partial charge in [0.25, 0.3) is 5.91 Å². The van der Waals surface area contributed by atoms with E-state index < -0.39 is 0 Å². The summed E-state index contributed by atoms with van der Waals surface area (Å²) in [7, 11) is 0. The molecule has 6 heteroatoms. The van der Waals surface area contributed by atoms with Crippen LogP contribution in [0.25, 0.3) is 0 Å². The zero-order valence-corrected chi connectivity index (χ0v) is 13.2. The normalized spacial score (nSPS) is 16.9. The maximum absolute atomic E-state index is 12.4. The molecule has 0 spiro atoms. The number of carbonyl (C=O) groups is 2. The van der Waals surface area contributed by atoms with Gasteiger partial charge in [0, 0.05) is 23.8 Å². The van der Waals surface area contributed by atoms with Crippen molar-refractivity contribution < 1.29 is 14.0 Å². The lowest BCUT2D eigenvalue weighted by Crippen LogP contribution is -2.29. The molecule has 22 heavy (non-hydrogen) atoms. The summed E-state index contributed by atoms with van der Waals surface area (Å²) in [6.07, 6.45) is 4.58. The highest BCUT2D eigenvalue weighted by atomic mass is 32.1. The zero-order valence-electron chi connectivity index (χ0n) is 12.3. The average molecular weight is 318 g/mol. The Kier molecular flexibility index (Phi) is 4.29. The van der Waals surface area contributed by atoms with Gasteiger partial charge in [-0.3, -0.25) is 9.59 Å². The van der Waals surface area contributed by atoms with Gasteiger partial charge < -0.3 is 15.1 Å². The molecule has 0 aliphatic heterocycles. The fourth-order valence-electron chi connectivity index (χ4n) is 2.67. The number of nitrogens with one attached hydrogen (secondary N) is 2. The third-order valence-electron chi connectivity index (χ3n) is 3.75. The molecule has 0 bridgehead atoms. The van der Waals surface area contributed by atoms with E-state index in [-0.39, 0.29) is 17.9 Å². The highest BCUT2D eigenvalue weighted by Gasteiger charge is 2.24. The minimum Gasteiger partial charge on any atom is -0.469 e. The molecule has 0 saturated carbocycles. The van der Waals surface area contributed by atoms with Crippen molar-refractivity contribution in [2.75, 3.05) is 0 Å². The molecule has 1 unspecified atom stereocenters. The van der Waals surface area contributed by atoms with Crippen molar-refractivity contribution in [1.29, 1.82) is 0 Å². The van der Waals surface area contributed by atoms with Crippen LogP contribution in [0, 0.1) is 0 Å². The fraction of sp³-hybridized carbons (Fsp3) is 0.375. The van der Waals surface area contributed by atoms with E-state index >= 15 is 0 Å². The Hall–Kier alpha value is -2.08. The van der Waals surface area contributed by atoms with E-state index in [0.717, 1.165) is 35.5 Å². The van der Waals surface area contributed by atoms with Crippen molar-refractivity contribution in [1.82, 2.24) is 10.6 Å². The Morgan fingerprint density at radius 3 is 3.05 bits per heavy atom. The quantitative estimate of drug-likeness (QED) is 0.910. The molecule has 2 aromatic heterocycles. The maximum Gasteiger partial charge on any atom is 0.261 e. The zero-order chi connectivity index (χ0) is 15.5. The molecule has 116 valence electrons. The van der Waals surface area contributed by atoms with Crippen LogP contribution >= 0.6 is 11.3 Å². The first kappa shape index (κ1) is 14.8. The number of fused-ring (bicyclic) bond motifs is 1. The van der Waals surface area contributed by atoms with Crippen LogP contribution in [0.2, 0.25) is 0 Å². The summed E-state index contributed by atoms with van der Waals surface area (Å²) in [5, 5.41) is 5.81. The molecule has 2 amide bonds. The van der Waals surface area contributed by atoms with Crippen LogP contribution < -0.4 is 10.6 Å². The number of furan rings is 1. The SMILES string of the molecule is CC(=O)NCc1ccc(C(=O)NC2CCCc3occc32)s1. The van der Waals surface area contributed by atoms with Gasteiger partial charge in [-0.05, 0) is 31.0 Å². The van der Waals surface area contributed by atoms with Crippen LogP contribution in [0.15, 0.2) is 28.9 Å². The first-order valence-corrected chi connectivity index (χ1v) is 8.15. The topological polar surface area (TPSA) is 71.3 Å². The van der Waals surface area contributed by atoms with Crippen LogP contribution in [-0.2, 0) is 17.8 Å². The molecule has 5 nitrogen and oxygen atoms in total. The summed E-state index contributed by atoms with van der Waals surface area (Å²) >= 11 is 1.40. The van der Waals surface area contributed by atoms with Gasteiger partial charge in [-0.1, -0.05) is 0 Å². The van der Waals surface area contributed by atoms with E-state index in [1.165, 1.54) is 18.3 Å². The standard InChI is InChI=1S/C16H18N2O3S/c1-10(19)17-9-11-5-6-15(22-11)16(20)18-13-3-2-4-14-12(13)7-8-21-14/h5-8,13H,2-4,9H2,1H3,(H,17,19)(H,18,20). The molecular weight excluding hydrogens is 300 g/mol. The van der Waals surface area contributed by atoms with Gasteiger partial charge >= 0.3 is 0 Å². The summed E-state index contributed by atoms with van der Waals surface area (Å²) in [5.41, 5.74) is 1.09. The predicted octanol–water partition coefficient (Wildman–Crippen LogP) is 2.78. The van der Waals surface area contributed by atoms with Crippen molar-refractivity contribution in [2.45, 2.75) is 38.8 Å². The summed E-state index contributed by atoms with van der Waals surface area (Å²) in [5.74, 6) is 0.835. The monoisotopic (exact) mass is 318 g/mol. The van der Waals surface area contributed by atoms with Crippen LogP contribution in [0.3, 0.4) is 0 Å². The van der Waals surface area contributed by atoms with Gasteiger partial charge in [0.1, 0.15) is 5.76 Å². The van der Waals surface area contributed by atoms with Gasteiger partial charge in [0.2, 0.25) is 5.91 Å². The second-order valence-electron chi connectivity index (χ2n) is 5.39. The van der Waals surface area contributed by atoms with E-state index in [4.69, 9.17) is 4.42 Å². The van der Waals surface area contributed by atoms with Crippen LogP contribution in [0.1, 0.15) is 51.7 Å². The number of aryl methyl sites for hydroxylation is 1. The Balaban J connectivity index is 1.64. The molecule has 1 aliphatic carbocycles. The van der Waals surface area contributed by atoms with E-state index in [2.05, 4.69) is 10.6 Å². The summed E-state index contributed by atoms with van der Waals surface area (Å²) in [4.78, 5) is 24.9. The third kappa shape index (κ3) is 3.22. The average Bonchev–Trinajstić information content (AvgIpc) is 3.14. The van der Waals surface area contributed by atoms with Crippen LogP contribution in [-0.4, -0.2) is 11.8 Å². The molecule has 3 rings (SSSR count). The second kappa shape index (κ2) is 6.36. The molecule has 0 fully saturated rings. The molecule has 2 heterocycles. The smallest absolute Gasteiger partial charge is 0.261 e. The Labute approximate surface area is 132 Å². The third-order valence-corrected chi connectivity index (χ3v) is 4.84. The molecule has 0 radical (unpaired) electrons. The highest BCUT2D eigenvalue weighted by molar-refractivity contribution is 7.14. The van der Waals surface area contributed by atoms with Gasteiger partial charge in [-0.15, -0.1) is 11.3 Å². The van der Waals surface area contributed by atoms with Crippen molar-refractivity contribution in [3.05, 3.63) is 45.5 Å². The maximum atomic E-state index is 12.4. The molecule has 1 atom stereocenters. The number of hydrogen-bond donors (Lipinski definition) is 2. The van der Waals surface area contributed by atoms with Crippen LogP contribution in [0.4, 0.5) is 0 Å². The van der Waals surface area contributed by atoms with E-state index in [1.54, 1.807) is 12.3 Å². The lowest BCUT2D eigenvalue weighted by molar-refractivity contribution is -0.119. The number of carbonyl (C=O) groups excluding carboxylic acids is 2. The number of hydrogen-bond acceptors (Lipinski definition) is 4. The predicted molar refractivity (Wildman–Crippen MR) is 83.7 cm³/mol. The summed E-state index contributed by atoms with van der Waals surface area (Å²) < 4.78 is 5.44. The van der Waals surface area contributed by atoms with Crippen LogP contribution in [0.5, 0.6) is 0 Å². The first-order chi connectivity index (χ1) is 10.6. The first-order valence-electron chi connectivity index (χ1n) is 7.34. The lowest BCUT2D eigenvalue weighted by Gasteiger charge is -2.22. The highest BCUT2D eigenvalue weighted by Crippen LogP contribution is 2.31. The Morgan fingerprint density at radius 1 is 1.36 bits per heavy atom. The number of rotatable bonds is 4. The van der Waals surface area contributed by atoms with Gasteiger partial charge in [-0.2, -0.15) is 0 Å². The van der Waals surface area contributed by atoms with Gasteiger partial charge in [0.05, 0.1) is 23.7 Å². The minimum absolute atomic E-state index is 0.0240. The van der Waals surface area contributed by atoms with Gasteiger partial charge in [-0.25, -0.2) is 0 Å². The minimum atomic E-state index is -0.0749. The Morgan fingerprint density at radius 2 is 2.23 bits per heavy atom. The Bertz CT molecular complexity index is 689. The molecule has 1 aliphatic rings. The fourth-order valence-corrected chi connectivity index (χ4v) is 3.52. The molecule has 2 aromatic rings. The molecule has 0 aromatic carbocycles. The number of thiophene rings is 1. The summed E-state index contributed by atoms with van der Waals surface area (Å²) in [6.45, 7) is 1.94. The van der Waals surface area contributed by atoms with E-state index in [9.17, 15) is 9.59 Å².